The van der Waals surface area contributed by atoms with Gasteiger partial charge in [0.2, 0.25) is 0 Å². The molecule has 1 amide bonds. The van der Waals surface area contributed by atoms with Crippen LogP contribution in [0.15, 0.2) is 33.9 Å². The Morgan fingerprint density at radius 2 is 2.29 bits per heavy atom. The lowest BCUT2D eigenvalue weighted by Crippen LogP contribution is -2.29. The first-order valence-corrected chi connectivity index (χ1v) is 4.92. The van der Waals surface area contributed by atoms with E-state index in [1.807, 2.05) is 5.43 Å². The van der Waals surface area contributed by atoms with Gasteiger partial charge in [-0.15, -0.1) is 0 Å². The third-order valence-corrected chi connectivity index (χ3v) is 2.39. The minimum Gasteiger partial charge on any atom is -0.467 e. The van der Waals surface area contributed by atoms with Gasteiger partial charge >= 0.3 is 5.69 Å². The van der Waals surface area contributed by atoms with Crippen LogP contribution in [0.3, 0.4) is 0 Å². The lowest BCUT2D eigenvalue weighted by Gasteiger charge is -1.96. The van der Waals surface area contributed by atoms with Crippen molar-refractivity contribution >= 4 is 5.91 Å². The van der Waals surface area contributed by atoms with E-state index in [-0.39, 0.29) is 12.2 Å². The lowest BCUT2D eigenvalue weighted by molar-refractivity contribution is 0.0953. The van der Waals surface area contributed by atoms with Crippen molar-refractivity contribution in [3.05, 3.63) is 46.5 Å². The molecule has 0 radical (unpaired) electrons. The lowest BCUT2D eigenvalue weighted by atomic mass is 10.3. The van der Waals surface area contributed by atoms with Crippen LogP contribution in [0.1, 0.15) is 16.1 Å². The Morgan fingerprint density at radius 3 is 2.88 bits per heavy atom. The van der Waals surface area contributed by atoms with Crippen LogP contribution in [-0.2, 0) is 13.6 Å². The quantitative estimate of drug-likeness (QED) is 0.424. The number of nitrogens with zero attached hydrogens (tertiary/aromatic N) is 2. The van der Waals surface area contributed by atoms with Gasteiger partial charge in [-0.3, -0.25) is 14.8 Å². The van der Waals surface area contributed by atoms with E-state index in [1.54, 1.807) is 25.5 Å². The minimum atomic E-state index is -0.430. The molecule has 3 N–H and O–H groups in total. The summed E-state index contributed by atoms with van der Waals surface area (Å²) in [4.78, 5) is 22.7. The zero-order chi connectivity index (χ0) is 12.4. The second-order valence-corrected chi connectivity index (χ2v) is 3.59. The summed E-state index contributed by atoms with van der Waals surface area (Å²) in [5.74, 6) is 5.07. The molecule has 0 aliphatic heterocycles. The van der Waals surface area contributed by atoms with E-state index in [9.17, 15) is 9.59 Å². The molecule has 0 atom stereocenters. The predicted molar refractivity (Wildman–Crippen MR) is 59.1 cm³/mol. The van der Waals surface area contributed by atoms with Gasteiger partial charge in [0.25, 0.3) is 5.91 Å². The number of hydrazine groups is 1. The number of carbonyl (C=O) groups excluding carboxylic acids is 1. The third kappa shape index (κ3) is 2.13. The van der Waals surface area contributed by atoms with Gasteiger partial charge in [-0.25, -0.2) is 10.6 Å². The fourth-order valence-electron chi connectivity index (χ4n) is 1.46. The van der Waals surface area contributed by atoms with Crippen molar-refractivity contribution < 1.29 is 9.21 Å². The highest BCUT2D eigenvalue weighted by molar-refractivity contribution is 5.93. The first-order chi connectivity index (χ1) is 8.11. The van der Waals surface area contributed by atoms with Gasteiger partial charge in [0.05, 0.1) is 12.1 Å². The first kappa shape index (κ1) is 11.2. The monoisotopic (exact) mass is 236 g/mol. The molecule has 2 heterocycles. The summed E-state index contributed by atoms with van der Waals surface area (Å²) in [7, 11) is 1.66. The Kier molecular flexibility index (Phi) is 2.84. The number of rotatable bonds is 3. The van der Waals surface area contributed by atoms with Crippen LogP contribution in [0, 0.1) is 0 Å². The normalized spacial score (nSPS) is 10.5. The number of nitrogen functional groups attached to an aromatic ring is 1. The smallest absolute Gasteiger partial charge is 0.328 e. The van der Waals surface area contributed by atoms with Crippen LogP contribution >= 0.6 is 0 Å². The molecule has 0 fully saturated rings. The Balaban J connectivity index is 2.20. The highest BCUT2D eigenvalue weighted by atomic mass is 16.3. The first-order valence-electron chi connectivity index (χ1n) is 4.92. The molecule has 0 bridgehead atoms. The highest BCUT2D eigenvalue weighted by Crippen LogP contribution is 2.08. The van der Waals surface area contributed by atoms with E-state index in [1.165, 1.54) is 15.4 Å². The van der Waals surface area contributed by atoms with Crippen LogP contribution in [0.25, 0.3) is 0 Å². The van der Waals surface area contributed by atoms with Crippen molar-refractivity contribution in [3.63, 3.8) is 0 Å². The molecule has 2 aromatic rings. The van der Waals surface area contributed by atoms with Crippen molar-refractivity contribution in [2.24, 2.45) is 12.9 Å². The maximum absolute atomic E-state index is 11.6. The molecule has 0 aromatic carbocycles. The van der Waals surface area contributed by atoms with Gasteiger partial charge < -0.3 is 8.98 Å². The highest BCUT2D eigenvalue weighted by Gasteiger charge is 2.10. The molecule has 2 aromatic heterocycles. The molecule has 90 valence electrons. The molecular weight excluding hydrogens is 224 g/mol. The Labute approximate surface area is 96.4 Å². The molecule has 0 aliphatic rings. The van der Waals surface area contributed by atoms with Gasteiger partial charge in [0.1, 0.15) is 12.0 Å². The van der Waals surface area contributed by atoms with Gasteiger partial charge in [-0.2, -0.15) is 0 Å². The van der Waals surface area contributed by atoms with Crippen LogP contribution in [0.4, 0.5) is 0 Å². The van der Waals surface area contributed by atoms with Crippen LogP contribution in [0.2, 0.25) is 0 Å². The van der Waals surface area contributed by atoms with Crippen LogP contribution in [0.5, 0.6) is 0 Å². The topological polar surface area (TPSA) is 95.2 Å². The van der Waals surface area contributed by atoms with E-state index in [0.717, 1.165) is 0 Å². The average Bonchev–Trinajstić information content (AvgIpc) is 2.91. The van der Waals surface area contributed by atoms with Crippen LogP contribution in [-0.4, -0.2) is 15.0 Å². The number of hydrogen-bond donors (Lipinski definition) is 2. The minimum absolute atomic E-state index is 0.147. The summed E-state index contributed by atoms with van der Waals surface area (Å²) in [5, 5.41) is 0. The number of hydrogen-bond acceptors (Lipinski definition) is 4. The second-order valence-electron chi connectivity index (χ2n) is 3.59. The summed E-state index contributed by atoms with van der Waals surface area (Å²) in [6, 6.07) is 1.54. The molecule has 0 aliphatic carbocycles. The number of aryl methyl sites for hydroxylation is 1. The summed E-state index contributed by atoms with van der Waals surface area (Å²) in [6.45, 7) is 0.275. The van der Waals surface area contributed by atoms with Crippen molar-refractivity contribution in [1.82, 2.24) is 14.6 Å². The van der Waals surface area contributed by atoms with E-state index >= 15 is 0 Å². The van der Waals surface area contributed by atoms with Crippen molar-refractivity contribution in [3.8, 4) is 0 Å². The molecule has 0 saturated carbocycles. The summed E-state index contributed by atoms with van der Waals surface area (Å²) in [6.07, 6.45) is 4.60. The summed E-state index contributed by atoms with van der Waals surface area (Å²) < 4.78 is 8.10. The fraction of sp³-hybridized carbons (Fsp3) is 0.200. The number of nitrogens with one attached hydrogen (secondary N) is 1. The SMILES string of the molecule is Cn1ccn(Cc2cc(C(=O)NN)co2)c1=O. The molecule has 7 heteroatoms. The van der Waals surface area contributed by atoms with Gasteiger partial charge in [-0.05, 0) is 6.07 Å². The number of nitrogens with two attached hydrogens (primary N) is 1. The molecule has 0 unspecified atom stereocenters. The van der Waals surface area contributed by atoms with E-state index < -0.39 is 5.91 Å². The van der Waals surface area contributed by atoms with Crippen molar-refractivity contribution in [2.45, 2.75) is 6.54 Å². The average molecular weight is 236 g/mol. The number of imidazole rings is 1. The van der Waals surface area contributed by atoms with E-state index in [4.69, 9.17) is 10.3 Å². The standard InChI is InChI=1S/C10H12N4O3/c1-13-2-3-14(10(13)16)5-8-4-7(6-17-8)9(15)12-11/h2-4,6H,5,11H2,1H3,(H,12,15). The zero-order valence-corrected chi connectivity index (χ0v) is 9.21. The van der Waals surface area contributed by atoms with E-state index in [0.29, 0.717) is 11.3 Å². The van der Waals surface area contributed by atoms with Gasteiger partial charge in [0, 0.05) is 19.4 Å². The molecule has 17 heavy (non-hydrogen) atoms. The summed E-state index contributed by atoms with van der Waals surface area (Å²) in [5.41, 5.74) is 2.18. The number of aromatic nitrogens is 2. The number of furan rings is 1. The molecule has 7 nitrogen and oxygen atoms in total. The van der Waals surface area contributed by atoms with Gasteiger partial charge in [0.15, 0.2) is 0 Å². The Hall–Kier alpha value is -2.28. The Morgan fingerprint density at radius 1 is 1.53 bits per heavy atom. The largest absolute Gasteiger partial charge is 0.467 e. The predicted octanol–water partition coefficient (Wildman–Crippen LogP) is -0.568. The van der Waals surface area contributed by atoms with Crippen molar-refractivity contribution in [1.29, 1.82) is 0 Å². The molecule has 0 saturated heterocycles. The summed E-state index contributed by atoms with van der Waals surface area (Å²) >= 11 is 0. The number of amides is 1. The zero-order valence-electron chi connectivity index (χ0n) is 9.21. The van der Waals surface area contributed by atoms with Crippen molar-refractivity contribution in [2.75, 3.05) is 0 Å². The third-order valence-electron chi connectivity index (χ3n) is 2.39. The van der Waals surface area contributed by atoms with Crippen LogP contribution < -0.4 is 17.0 Å². The second kappa shape index (κ2) is 4.30. The maximum atomic E-state index is 11.6. The fourth-order valence-corrected chi connectivity index (χ4v) is 1.46. The molecule has 2 rings (SSSR count). The Bertz CT molecular complexity index is 593. The van der Waals surface area contributed by atoms with Gasteiger partial charge in [-0.1, -0.05) is 0 Å². The molecular formula is C10H12N4O3. The maximum Gasteiger partial charge on any atom is 0.328 e. The number of carbonyl (C=O) groups is 1. The molecule has 0 spiro atoms. The van der Waals surface area contributed by atoms with E-state index in [2.05, 4.69) is 0 Å².